The number of hydrogen-bond donors (Lipinski definition) is 0. The summed E-state index contributed by atoms with van der Waals surface area (Å²) in [6, 6.07) is 30.7. The Morgan fingerprint density at radius 2 is 0.625 bits per heavy atom. The van der Waals surface area contributed by atoms with E-state index in [-0.39, 0.29) is 0 Å². The van der Waals surface area contributed by atoms with E-state index in [1.165, 1.54) is 0 Å². The fraction of sp³-hybridized carbons (Fsp3) is 0. The highest BCUT2D eigenvalue weighted by Crippen LogP contribution is 2.10. The smallest absolute Gasteiger partial charge is 0.405 e. The lowest BCUT2D eigenvalue weighted by molar-refractivity contribution is 0.308. The fourth-order valence-electron chi connectivity index (χ4n) is 2.39. The predicted molar refractivity (Wildman–Crippen MR) is 98.7 cm³/mol. The van der Waals surface area contributed by atoms with E-state index in [9.17, 15) is 0 Å². The molecule has 1 heterocycles. The summed E-state index contributed by atoms with van der Waals surface area (Å²) in [5.74, 6) is 0. The summed E-state index contributed by atoms with van der Waals surface area (Å²) >= 11 is 0. The number of rotatable bonds is 3. The largest absolute Gasteiger partial charge is 0.407 e. The highest BCUT2D eigenvalue weighted by Gasteiger charge is 2.41. The van der Waals surface area contributed by atoms with Crippen LogP contribution in [0.15, 0.2) is 91.0 Å². The third kappa shape index (κ3) is 3.49. The van der Waals surface area contributed by atoms with Crippen molar-refractivity contribution in [3.8, 4) is 0 Å². The molecule has 1 fully saturated rings. The molecule has 0 atom stereocenters. The summed E-state index contributed by atoms with van der Waals surface area (Å²) in [5, 5.41) is 3.38. The molecule has 0 aliphatic carbocycles. The van der Waals surface area contributed by atoms with Crippen molar-refractivity contribution >= 4 is 43.4 Å². The Morgan fingerprint density at radius 3 is 0.875 bits per heavy atom. The van der Waals surface area contributed by atoms with E-state index in [4.69, 9.17) is 12.3 Å². The van der Waals surface area contributed by atoms with Crippen molar-refractivity contribution in [2.24, 2.45) is 0 Å². The molecule has 0 saturated carbocycles. The van der Waals surface area contributed by atoms with Crippen molar-refractivity contribution in [1.29, 1.82) is 0 Å². The number of hydrogen-bond acceptors (Lipinski definition) is 3. The van der Waals surface area contributed by atoms with Crippen molar-refractivity contribution in [1.82, 2.24) is 0 Å². The van der Waals surface area contributed by atoms with Gasteiger partial charge in [-0.25, -0.2) is 0 Å². The average Bonchev–Trinajstić information content (AvgIpc) is 2.70. The Labute approximate surface area is 147 Å². The zero-order valence-corrected chi connectivity index (χ0v) is 15.9. The van der Waals surface area contributed by atoms with Gasteiger partial charge in [-0.15, -0.1) is 0 Å². The molecule has 1 aliphatic rings. The molecule has 24 heavy (non-hydrogen) atoms. The van der Waals surface area contributed by atoms with E-state index in [2.05, 4.69) is 36.4 Å². The topological polar surface area (TPSA) is 27.7 Å². The second-order valence-corrected chi connectivity index (χ2v) is 11.2. The molecule has 117 valence electrons. The zero-order chi connectivity index (χ0) is 16.2. The van der Waals surface area contributed by atoms with Crippen molar-refractivity contribution in [2.45, 2.75) is 0 Å². The molecule has 3 aromatic rings. The lowest BCUT2D eigenvalue weighted by Gasteiger charge is -2.32. The second-order valence-electron chi connectivity index (χ2n) is 5.27. The van der Waals surface area contributed by atoms with Crippen LogP contribution < -0.4 is 15.6 Å². The maximum absolute atomic E-state index is 6.29. The predicted octanol–water partition coefficient (Wildman–Crippen LogP) is 1.24. The third-order valence-electron chi connectivity index (χ3n) is 3.58. The van der Waals surface area contributed by atoms with Gasteiger partial charge in [0, 0.05) is 0 Å². The van der Waals surface area contributed by atoms with Gasteiger partial charge in [-0.1, -0.05) is 91.0 Å². The van der Waals surface area contributed by atoms with E-state index >= 15 is 0 Å². The van der Waals surface area contributed by atoms with E-state index < -0.39 is 27.9 Å². The van der Waals surface area contributed by atoms with Crippen LogP contribution >= 0.6 is 0 Å². The monoisotopic (exact) mass is 363 g/mol. The van der Waals surface area contributed by atoms with E-state index in [1.807, 2.05) is 54.6 Å². The summed E-state index contributed by atoms with van der Waals surface area (Å²) in [5.41, 5.74) is 0. The minimum atomic E-state index is -1.55. The molecule has 1 saturated heterocycles. The Bertz CT molecular complexity index is 657. The average molecular weight is 364 g/mol. The van der Waals surface area contributed by atoms with Gasteiger partial charge in [0.15, 0.2) is 0 Å². The van der Waals surface area contributed by atoms with Gasteiger partial charge in [0.1, 0.15) is 0 Å². The fourth-order valence-corrected chi connectivity index (χ4v) is 10.3. The zero-order valence-electron chi connectivity index (χ0n) is 12.9. The Kier molecular flexibility index (Phi) is 4.84. The van der Waals surface area contributed by atoms with Crippen molar-refractivity contribution in [3.05, 3.63) is 91.0 Å². The van der Waals surface area contributed by atoms with Crippen molar-refractivity contribution in [2.75, 3.05) is 0 Å². The molecule has 0 bridgehead atoms. The summed E-state index contributed by atoms with van der Waals surface area (Å²) in [4.78, 5) is 0. The standard InChI is InChI=1S/C18H15O3Si3/c1-4-10-16(11-5-1)22-19-23(17-12-6-2-7-13-17)21-24(20-22)18-14-8-3-9-15-18/h1-15H. The molecule has 1 aliphatic heterocycles. The van der Waals surface area contributed by atoms with Gasteiger partial charge in [-0.05, 0) is 15.6 Å². The summed E-state index contributed by atoms with van der Waals surface area (Å²) in [6.45, 7) is 0. The van der Waals surface area contributed by atoms with Crippen LogP contribution in [-0.4, -0.2) is 27.9 Å². The molecule has 3 radical (unpaired) electrons. The molecule has 3 nitrogen and oxygen atoms in total. The van der Waals surface area contributed by atoms with E-state index in [0.29, 0.717) is 0 Å². The number of benzene rings is 3. The lowest BCUT2D eigenvalue weighted by Crippen LogP contribution is -2.61. The Hall–Kier alpha value is -1.81. The van der Waals surface area contributed by atoms with Crippen molar-refractivity contribution in [3.63, 3.8) is 0 Å². The van der Waals surface area contributed by atoms with Gasteiger partial charge in [0.05, 0.1) is 0 Å². The Balaban J connectivity index is 1.66. The van der Waals surface area contributed by atoms with Gasteiger partial charge < -0.3 is 12.3 Å². The summed E-state index contributed by atoms with van der Waals surface area (Å²) in [6.07, 6.45) is 0. The molecular weight excluding hydrogens is 348 g/mol. The molecule has 0 aromatic heterocycles. The third-order valence-corrected chi connectivity index (χ3v) is 10.4. The molecule has 3 aromatic carbocycles. The minimum absolute atomic E-state index is 1.13. The first kappa shape index (κ1) is 15.7. The Morgan fingerprint density at radius 1 is 0.375 bits per heavy atom. The van der Waals surface area contributed by atoms with Crippen LogP contribution in [0.1, 0.15) is 0 Å². The minimum Gasteiger partial charge on any atom is -0.407 e. The lowest BCUT2D eigenvalue weighted by atomic mass is 10.4. The van der Waals surface area contributed by atoms with Crippen LogP contribution in [-0.2, 0) is 12.3 Å². The summed E-state index contributed by atoms with van der Waals surface area (Å²) < 4.78 is 18.9. The van der Waals surface area contributed by atoms with Crippen LogP contribution in [0.5, 0.6) is 0 Å². The maximum atomic E-state index is 6.29. The van der Waals surface area contributed by atoms with E-state index in [0.717, 1.165) is 15.6 Å². The van der Waals surface area contributed by atoms with Crippen molar-refractivity contribution < 1.29 is 12.3 Å². The van der Waals surface area contributed by atoms with E-state index in [1.54, 1.807) is 0 Å². The molecular formula is C18H15O3Si3. The highest BCUT2D eigenvalue weighted by molar-refractivity contribution is 6.87. The van der Waals surface area contributed by atoms with Crippen LogP contribution in [0.4, 0.5) is 0 Å². The van der Waals surface area contributed by atoms with Gasteiger partial charge in [-0.3, -0.25) is 0 Å². The van der Waals surface area contributed by atoms with Gasteiger partial charge in [-0.2, -0.15) is 0 Å². The van der Waals surface area contributed by atoms with Gasteiger partial charge in [0.2, 0.25) is 0 Å². The molecule has 6 heteroatoms. The van der Waals surface area contributed by atoms with Gasteiger partial charge in [0.25, 0.3) is 0 Å². The first-order valence-corrected chi connectivity index (χ1v) is 11.7. The first-order chi connectivity index (χ1) is 11.9. The molecule has 0 spiro atoms. The maximum Gasteiger partial charge on any atom is 0.405 e. The second kappa shape index (κ2) is 7.39. The molecule has 4 rings (SSSR count). The molecule has 0 amide bonds. The first-order valence-electron chi connectivity index (χ1n) is 7.71. The van der Waals surface area contributed by atoms with Crippen LogP contribution in [0, 0.1) is 0 Å². The molecule has 0 N–H and O–H groups in total. The quantitative estimate of drug-likeness (QED) is 0.655. The van der Waals surface area contributed by atoms with Crippen LogP contribution in [0.3, 0.4) is 0 Å². The highest BCUT2D eigenvalue weighted by atomic mass is 28.5. The normalized spacial score (nSPS) is 17.0. The molecule has 0 unspecified atom stereocenters. The summed E-state index contributed by atoms with van der Waals surface area (Å²) in [7, 11) is -4.65. The van der Waals surface area contributed by atoms with Crippen LogP contribution in [0.2, 0.25) is 0 Å². The SMILES string of the molecule is c1ccc([Si]2O[Si](c3ccccc3)O[Si](c3ccccc3)O2)cc1. The van der Waals surface area contributed by atoms with Crippen LogP contribution in [0.25, 0.3) is 0 Å². The van der Waals surface area contributed by atoms with Gasteiger partial charge >= 0.3 is 27.9 Å².